The molecule has 0 aromatic heterocycles. The Labute approximate surface area is 171 Å². The van der Waals surface area contributed by atoms with Gasteiger partial charge in [-0.3, -0.25) is 4.79 Å². The number of hydrogen-bond acceptors (Lipinski definition) is 5. The van der Waals surface area contributed by atoms with E-state index in [-0.39, 0.29) is 29.8 Å². The largest absolute Gasteiger partial charge is 0.573 e. The van der Waals surface area contributed by atoms with Crippen LogP contribution in [0.25, 0.3) is 0 Å². The summed E-state index contributed by atoms with van der Waals surface area (Å²) in [5.41, 5.74) is 0.860. The van der Waals surface area contributed by atoms with E-state index in [2.05, 4.69) is 14.8 Å². The number of carbonyl (C=O) groups is 1. The minimum absolute atomic E-state index is 0.103. The number of carbonyl (C=O) groups excluding carboxylic acids is 1. The van der Waals surface area contributed by atoms with Gasteiger partial charge in [0.15, 0.2) is 0 Å². The maximum atomic E-state index is 12.2. The topological polar surface area (TPSA) is 93.7 Å². The van der Waals surface area contributed by atoms with E-state index < -0.39 is 22.1 Å². The van der Waals surface area contributed by atoms with Crippen molar-refractivity contribution < 1.29 is 35.9 Å². The van der Waals surface area contributed by atoms with Crippen LogP contribution in [0.5, 0.6) is 11.5 Å². The summed E-state index contributed by atoms with van der Waals surface area (Å²) in [6, 6.07) is 10.9. The lowest BCUT2D eigenvalue weighted by molar-refractivity contribution is -0.274. The molecule has 0 saturated heterocycles. The zero-order valence-electron chi connectivity index (χ0n) is 15.6. The summed E-state index contributed by atoms with van der Waals surface area (Å²) in [5, 5.41) is 2.85. The Morgan fingerprint density at radius 2 is 1.83 bits per heavy atom. The summed E-state index contributed by atoms with van der Waals surface area (Å²) in [5.74, 6) is -0.168. The van der Waals surface area contributed by atoms with E-state index >= 15 is 0 Å². The lowest BCUT2D eigenvalue weighted by atomic mass is 10.0. The molecule has 3 rings (SSSR count). The van der Waals surface area contributed by atoms with Crippen molar-refractivity contribution in [1.82, 2.24) is 10.0 Å². The second kappa shape index (κ2) is 8.92. The molecule has 1 unspecified atom stereocenters. The molecule has 1 heterocycles. The molecule has 30 heavy (non-hydrogen) atoms. The number of hydrogen-bond donors (Lipinski definition) is 2. The fourth-order valence-electron chi connectivity index (χ4n) is 2.96. The standard InChI is InChI=1S/C19H19F3N2O5S/c20-19(21,22)29-13-5-7-14(8-6-13)30(26,27)23-11-9-18(25)24-16-10-12-28-17-4-2-1-3-15(16)17/h1-8,16,23H,9-12H2,(H,24,25). The van der Waals surface area contributed by atoms with Crippen molar-refractivity contribution in [3.63, 3.8) is 0 Å². The average Bonchev–Trinajstić information content (AvgIpc) is 2.67. The third-order valence-electron chi connectivity index (χ3n) is 4.31. The van der Waals surface area contributed by atoms with Gasteiger partial charge in [0, 0.05) is 24.9 Å². The number of rotatable bonds is 7. The Hall–Kier alpha value is -2.79. The number of benzene rings is 2. The molecule has 2 aromatic rings. The molecule has 1 aliphatic heterocycles. The smallest absolute Gasteiger partial charge is 0.493 e. The molecule has 162 valence electrons. The van der Waals surface area contributed by atoms with Crippen LogP contribution in [0.15, 0.2) is 53.4 Å². The van der Waals surface area contributed by atoms with Crippen LogP contribution in [0.2, 0.25) is 0 Å². The summed E-state index contributed by atoms with van der Waals surface area (Å²) in [7, 11) is -3.98. The molecular formula is C19H19F3N2O5S. The normalized spacial score (nSPS) is 16.3. The first-order valence-corrected chi connectivity index (χ1v) is 10.5. The van der Waals surface area contributed by atoms with Crippen LogP contribution in [-0.4, -0.2) is 33.8 Å². The molecule has 7 nitrogen and oxygen atoms in total. The fourth-order valence-corrected chi connectivity index (χ4v) is 3.99. The average molecular weight is 444 g/mol. The van der Waals surface area contributed by atoms with E-state index in [0.717, 1.165) is 29.8 Å². The Morgan fingerprint density at radius 1 is 1.13 bits per heavy atom. The number of sulfonamides is 1. The van der Waals surface area contributed by atoms with Gasteiger partial charge in [0.05, 0.1) is 17.5 Å². The van der Waals surface area contributed by atoms with Gasteiger partial charge in [-0.15, -0.1) is 13.2 Å². The molecule has 1 atom stereocenters. The van der Waals surface area contributed by atoms with Crippen LogP contribution < -0.4 is 19.5 Å². The molecule has 2 aromatic carbocycles. The fraction of sp³-hybridized carbons (Fsp3) is 0.316. The third kappa shape index (κ3) is 5.86. The lowest BCUT2D eigenvalue weighted by Gasteiger charge is -2.26. The van der Waals surface area contributed by atoms with E-state index in [0.29, 0.717) is 18.8 Å². The molecule has 0 saturated carbocycles. The highest BCUT2D eigenvalue weighted by Gasteiger charge is 2.31. The van der Waals surface area contributed by atoms with Crippen molar-refractivity contribution in [1.29, 1.82) is 0 Å². The number of alkyl halides is 3. The SMILES string of the molecule is O=C(CCNS(=O)(=O)c1ccc(OC(F)(F)F)cc1)NC1CCOc2ccccc21. The van der Waals surface area contributed by atoms with Crippen LogP contribution in [-0.2, 0) is 14.8 Å². The first-order chi connectivity index (χ1) is 14.1. The van der Waals surface area contributed by atoms with Gasteiger partial charge in [0.25, 0.3) is 0 Å². The number of para-hydroxylation sites is 1. The van der Waals surface area contributed by atoms with Crippen molar-refractivity contribution in [2.24, 2.45) is 0 Å². The van der Waals surface area contributed by atoms with Crippen molar-refractivity contribution in [2.75, 3.05) is 13.2 Å². The maximum absolute atomic E-state index is 12.2. The molecule has 0 aliphatic carbocycles. The zero-order valence-corrected chi connectivity index (χ0v) is 16.4. The van der Waals surface area contributed by atoms with Crippen LogP contribution in [0.1, 0.15) is 24.4 Å². The van der Waals surface area contributed by atoms with E-state index in [1.807, 2.05) is 24.3 Å². The second-order valence-electron chi connectivity index (χ2n) is 6.46. The Kier molecular flexibility index (Phi) is 6.52. The van der Waals surface area contributed by atoms with Gasteiger partial charge in [-0.2, -0.15) is 0 Å². The minimum atomic E-state index is -4.86. The van der Waals surface area contributed by atoms with Crippen LogP contribution in [0.3, 0.4) is 0 Å². The van der Waals surface area contributed by atoms with Gasteiger partial charge in [-0.1, -0.05) is 18.2 Å². The number of amides is 1. The Balaban J connectivity index is 1.51. The van der Waals surface area contributed by atoms with Crippen molar-refractivity contribution in [3.8, 4) is 11.5 Å². The van der Waals surface area contributed by atoms with E-state index in [9.17, 15) is 26.4 Å². The van der Waals surface area contributed by atoms with Gasteiger partial charge in [0.1, 0.15) is 11.5 Å². The van der Waals surface area contributed by atoms with Gasteiger partial charge in [-0.05, 0) is 30.3 Å². The van der Waals surface area contributed by atoms with Crippen LogP contribution in [0, 0.1) is 0 Å². The highest BCUT2D eigenvalue weighted by molar-refractivity contribution is 7.89. The molecule has 2 N–H and O–H groups in total. The number of ether oxygens (including phenoxy) is 2. The predicted octanol–water partition coefficient (Wildman–Crippen LogP) is 2.89. The zero-order chi connectivity index (χ0) is 21.8. The molecule has 11 heteroatoms. The maximum Gasteiger partial charge on any atom is 0.573 e. The number of nitrogens with one attached hydrogen (secondary N) is 2. The lowest BCUT2D eigenvalue weighted by Crippen LogP contribution is -2.35. The third-order valence-corrected chi connectivity index (χ3v) is 5.78. The van der Waals surface area contributed by atoms with Crippen molar-refractivity contribution in [3.05, 3.63) is 54.1 Å². The van der Waals surface area contributed by atoms with Crippen molar-refractivity contribution in [2.45, 2.75) is 30.1 Å². The van der Waals surface area contributed by atoms with Crippen LogP contribution in [0.4, 0.5) is 13.2 Å². The molecule has 0 radical (unpaired) electrons. The van der Waals surface area contributed by atoms with Gasteiger partial charge in [0.2, 0.25) is 15.9 Å². The van der Waals surface area contributed by atoms with Crippen molar-refractivity contribution >= 4 is 15.9 Å². The Morgan fingerprint density at radius 3 is 2.53 bits per heavy atom. The molecule has 0 bridgehead atoms. The number of halogens is 3. The Bertz CT molecular complexity index is 994. The second-order valence-corrected chi connectivity index (χ2v) is 8.23. The monoisotopic (exact) mass is 444 g/mol. The van der Waals surface area contributed by atoms with E-state index in [1.54, 1.807) is 0 Å². The summed E-state index contributed by atoms with van der Waals surface area (Å²) in [6.07, 6.45) is -4.37. The minimum Gasteiger partial charge on any atom is -0.493 e. The molecular weight excluding hydrogens is 425 g/mol. The quantitative estimate of drug-likeness (QED) is 0.685. The van der Waals surface area contributed by atoms with Gasteiger partial charge in [-0.25, -0.2) is 13.1 Å². The first-order valence-electron chi connectivity index (χ1n) is 9.01. The first kappa shape index (κ1) is 21.9. The summed E-state index contributed by atoms with van der Waals surface area (Å²) in [6.45, 7) is 0.294. The van der Waals surface area contributed by atoms with E-state index in [1.165, 1.54) is 0 Å². The number of fused-ring (bicyclic) bond motifs is 1. The molecule has 0 spiro atoms. The molecule has 0 fully saturated rings. The van der Waals surface area contributed by atoms with E-state index in [4.69, 9.17) is 4.74 Å². The highest BCUT2D eigenvalue weighted by atomic mass is 32.2. The summed E-state index contributed by atoms with van der Waals surface area (Å²) >= 11 is 0. The summed E-state index contributed by atoms with van der Waals surface area (Å²) in [4.78, 5) is 12.0. The van der Waals surface area contributed by atoms with Gasteiger partial charge < -0.3 is 14.8 Å². The van der Waals surface area contributed by atoms with Gasteiger partial charge >= 0.3 is 6.36 Å². The van der Waals surface area contributed by atoms with Crippen LogP contribution >= 0.6 is 0 Å². The molecule has 1 aliphatic rings. The highest BCUT2D eigenvalue weighted by Crippen LogP contribution is 2.31. The predicted molar refractivity (Wildman–Crippen MR) is 100 cm³/mol. The summed E-state index contributed by atoms with van der Waals surface area (Å²) < 4.78 is 72.5. The molecule has 1 amide bonds.